The van der Waals surface area contributed by atoms with E-state index in [9.17, 15) is 0 Å². The van der Waals surface area contributed by atoms with Crippen molar-refractivity contribution < 1.29 is 0 Å². The van der Waals surface area contributed by atoms with Crippen molar-refractivity contribution in [1.29, 1.82) is 0 Å². The van der Waals surface area contributed by atoms with E-state index in [1.54, 1.807) is 11.3 Å². The summed E-state index contributed by atoms with van der Waals surface area (Å²) in [5.74, 6) is 0. The minimum absolute atomic E-state index is 0.0672. The van der Waals surface area contributed by atoms with E-state index in [4.69, 9.17) is 5.73 Å². The summed E-state index contributed by atoms with van der Waals surface area (Å²) in [6.07, 6.45) is 0.744. The summed E-state index contributed by atoms with van der Waals surface area (Å²) >= 11 is 8.76. The van der Waals surface area contributed by atoms with Crippen LogP contribution in [0.1, 0.15) is 16.6 Å². The molecule has 5 heteroatoms. The number of hydrogen-bond donors (Lipinski definition) is 1. The lowest BCUT2D eigenvalue weighted by molar-refractivity contribution is 0.715. The molecule has 0 spiro atoms. The lowest BCUT2D eigenvalue weighted by Crippen LogP contribution is -2.13. The number of aromatic nitrogens is 1. The number of halogens is 2. The summed E-state index contributed by atoms with van der Waals surface area (Å²) in [5, 5.41) is 1.07. The first-order valence-corrected chi connectivity index (χ1v) is 8.59. The van der Waals surface area contributed by atoms with Crippen LogP contribution >= 0.6 is 43.2 Å². The Balaban J connectivity index is 1.88. The van der Waals surface area contributed by atoms with Gasteiger partial charge in [-0.1, -0.05) is 44.0 Å². The van der Waals surface area contributed by atoms with Gasteiger partial charge in [0.05, 0.1) is 15.2 Å². The second kappa shape index (κ2) is 5.93. The van der Waals surface area contributed by atoms with Crippen molar-refractivity contribution in [3.8, 4) is 0 Å². The molecule has 1 unspecified atom stereocenters. The van der Waals surface area contributed by atoms with Crippen LogP contribution in [0.25, 0.3) is 10.2 Å². The molecule has 2 nitrogen and oxygen atoms in total. The van der Waals surface area contributed by atoms with Crippen molar-refractivity contribution in [3.05, 3.63) is 62.0 Å². The van der Waals surface area contributed by atoms with Crippen LogP contribution in [0.15, 0.2) is 51.4 Å². The number of hydrogen-bond acceptors (Lipinski definition) is 3. The van der Waals surface area contributed by atoms with E-state index >= 15 is 0 Å². The molecule has 0 aliphatic carbocycles. The third kappa shape index (κ3) is 2.96. The zero-order chi connectivity index (χ0) is 14.1. The highest BCUT2D eigenvalue weighted by Crippen LogP contribution is 2.30. The fourth-order valence-corrected chi connectivity index (χ4v) is 4.05. The second-order valence-corrected chi connectivity index (χ2v) is 7.44. The van der Waals surface area contributed by atoms with E-state index in [-0.39, 0.29) is 6.04 Å². The SMILES string of the molecule is NC(Cc1nc2ccccc2s1)c1cc(Br)ccc1Br. The van der Waals surface area contributed by atoms with Crippen molar-refractivity contribution in [2.45, 2.75) is 12.5 Å². The van der Waals surface area contributed by atoms with Crippen molar-refractivity contribution >= 4 is 53.4 Å². The predicted molar refractivity (Wildman–Crippen MR) is 92.1 cm³/mol. The van der Waals surface area contributed by atoms with Crippen LogP contribution in [-0.2, 0) is 6.42 Å². The third-order valence-electron chi connectivity index (χ3n) is 3.09. The number of rotatable bonds is 3. The van der Waals surface area contributed by atoms with Crippen LogP contribution in [0.5, 0.6) is 0 Å². The quantitative estimate of drug-likeness (QED) is 0.653. The molecule has 2 aromatic carbocycles. The van der Waals surface area contributed by atoms with Crippen molar-refractivity contribution in [1.82, 2.24) is 4.98 Å². The average Bonchev–Trinajstić information content (AvgIpc) is 2.83. The Morgan fingerprint density at radius 3 is 2.75 bits per heavy atom. The summed E-state index contributed by atoms with van der Waals surface area (Å²) in [6, 6.07) is 14.2. The third-order valence-corrected chi connectivity index (χ3v) is 5.36. The predicted octanol–water partition coefficient (Wildman–Crippen LogP) is 5.06. The second-order valence-electron chi connectivity index (χ2n) is 4.55. The normalized spacial score (nSPS) is 12.8. The molecule has 0 aliphatic heterocycles. The smallest absolute Gasteiger partial charge is 0.0957 e. The Kier molecular flexibility index (Phi) is 4.21. The van der Waals surface area contributed by atoms with Crippen LogP contribution in [0.4, 0.5) is 0 Å². The van der Waals surface area contributed by atoms with Crippen LogP contribution in [0, 0.1) is 0 Å². The largest absolute Gasteiger partial charge is 0.324 e. The van der Waals surface area contributed by atoms with Gasteiger partial charge in [0.25, 0.3) is 0 Å². The van der Waals surface area contributed by atoms with Gasteiger partial charge in [-0.2, -0.15) is 0 Å². The van der Waals surface area contributed by atoms with Crippen LogP contribution in [0.3, 0.4) is 0 Å². The Morgan fingerprint density at radius 2 is 1.95 bits per heavy atom. The summed E-state index contributed by atoms with van der Waals surface area (Å²) < 4.78 is 3.28. The van der Waals surface area contributed by atoms with Gasteiger partial charge in [-0.15, -0.1) is 11.3 Å². The number of nitrogens with two attached hydrogens (primary N) is 1. The van der Waals surface area contributed by atoms with Gasteiger partial charge in [-0.3, -0.25) is 0 Å². The van der Waals surface area contributed by atoms with Gasteiger partial charge in [0, 0.05) is 21.4 Å². The highest BCUT2D eigenvalue weighted by molar-refractivity contribution is 9.11. The van der Waals surface area contributed by atoms with Crippen molar-refractivity contribution in [2.24, 2.45) is 5.73 Å². The van der Waals surface area contributed by atoms with Gasteiger partial charge in [0.2, 0.25) is 0 Å². The lowest BCUT2D eigenvalue weighted by atomic mass is 10.1. The number of fused-ring (bicyclic) bond motifs is 1. The summed E-state index contributed by atoms with van der Waals surface area (Å²) in [4.78, 5) is 4.64. The Morgan fingerprint density at radius 1 is 1.15 bits per heavy atom. The van der Waals surface area contributed by atoms with Gasteiger partial charge < -0.3 is 5.73 Å². The molecule has 3 rings (SSSR count). The molecule has 1 atom stereocenters. The molecule has 0 radical (unpaired) electrons. The lowest BCUT2D eigenvalue weighted by Gasteiger charge is -2.12. The number of nitrogens with zero attached hydrogens (tertiary/aromatic N) is 1. The summed E-state index contributed by atoms with van der Waals surface area (Å²) in [5.41, 5.74) is 8.48. The average molecular weight is 412 g/mol. The van der Waals surface area contributed by atoms with E-state index in [1.807, 2.05) is 30.3 Å². The van der Waals surface area contributed by atoms with E-state index in [0.29, 0.717) is 0 Å². The first-order chi connectivity index (χ1) is 9.63. The van der Waals surface area contributed by atoms with Gasteiger partial charge in [0.15, 0.2) is 0 Å². The fraction of sp³-hybridized carbons (Fsp3) is 0.133. The molecule has 3 aromatic rings. The molecular formula is C15H12Br2N2S. The summed E-state index contributed by atoms with van der Waals surface area (Å²) in [7, 11) is 0. The molecule has 0 saturated heterocycles. The molecule has 0 aliphatic rings. The number of benzene rings is 2. The van der Waals surface area contributed by atoms with Crippen molar-refractivity contribution in [3.63, 3.8) is 0 Å². The number of thiazole rings is 1. The van der Waals surface area contributed by atoms with Gasteiger partial charge in [-0.05, 0) is 35.9 Å². The van der Waals surface area contributed by atoms with E-state index in [2.05, 4.69) is 49.0 Å². The zero-order valence-corrected chi connectivity index (χ0v) is 14.5. The van der Waals surface area contributed by atoms with Gasteiger partial charge >= 0.3 is 0 Å². The molecule has 2 N–H and O–H groups in total. The maximum atomic E-state index is 6.33. The van der Waals surface area contributed by atoms with Crippen molar-refractivity contribution in [2.75, 3.05) is 0 Å². The minimum Gasteiger partial charge on any atom is -0.324 e. The highest BCUT2D eigenvalue weighted by atomic mass is 79.9. The van der Waals surface area contributed by atoms with Crippen LogP contribution in [-0.4, -0.2) is 4.98 Å². The topological polar surface area (TPSA) is 38.9 Å². The zero-order valence-electron chi connectivity index (χ0n) is 10.5. The van der Waals surface area contributed by atoms with Crippen LogP contribution < -0.4 is 5.73 Å². The van der Waals surface area contributed by atoms with E-state index < -0.39 is 0 Å². The first-order valence-electron chi connectivity index (χ1n) is 6.18. The van der Waals surface area contributed by atoms with Crippen LogP contribution in [0.2, 0.25) is 0 Å². The molecule has 1 heterocycles. The molecule has 102 valence electrons. The Labute approximate surface area is 138 Å². The van der Waals surface area contributed by atoms with E-state index in [0.717, 1.165) is 31.5 Å². The molecule has 0 bridgehead atoms. The fourth-order valence-electron chi connectivity index (χ4n) is 2.10. The molecule has 0 saturated carbocycles. The van der Waals surface area contributed by atoms with Gasteiger partial charge in [-0.25, -0.2) is 4.98 Å². The molecular weight excluding hydrogens is 400 g/mol. The number of para-hydroxylation sites is 1. The Bertz CT molecular complexity index is 721. The maximum Gasteiger partial charge on any atom is 0.0957 e. The highest BCUT2D eigenvalue weighted by Gasteiger charge is 2.14. The Hall–Kier alpha value is -0.750. The maximum absolute atomic E-state index is 6.33. The molecule has 20 heavy (non-hydrogen) atoms. The monoisotopic (exact) mass is 410 g/mol. The molecule has 0 amide bonds. The summed E-state index contributed by atoms with van der Waals surface area (Å²) in [6.45, 7) is 0. The minimum atomic E-state index is -0.0672. The molecule has 0 fully saturated rings. The van der Waals surface area contributed by atoms with Gasteiger partial charge in [0.1, 0.15) is 0 Å². The standard InChI is InChI=1S/C15H12Br2N2S/c16-9-5-6-11(17)10(7-9)12(18)8-15-19-13-3-1-2-4-14(13)20-15/h1-7,12H,8,18H2. The first kappa shape index (κ1) is 14.2. The van der Waals surface area contributed by atoms with E-state index in [1.165, 1.54) is 4.70 Å². The molecule has 1 aromatic heterocycles.